The molecule has 0 N–H and O–H groups in total. The lowest BCUT2D eigenvalue weighted by molar-refractivity contribution is 0.553. The molecule has 0 radical (unpaired) electrons. The van der Waals surface area contributed by atoms with Gasteiger partial charge in [0.2, 0.25) is 0 Å². The van der Waals surface area contributed by atoms with Gasteiger partial charge in [0, 0.05) is 18.5 Å². The van der Waals surface area contributed by atoms with E-state index >= 15 is 0 Å². The molecule has 0 spiro atoms. The fourth-order valence-corrected chi connectivity index (χ4v) is 1.10. The van der Waals surface area contributed by atoms with Gasteiger partial charge in [0.25, 0.3) is 0 Å². The Morgan fingerprint density at radius 2 is 2.07 bits per heavy atom. The molecule has 0 fully saturated rings. The summed E-state index contributed by atoms with van der Waals surface area (Å²) in [6, 6.07) is 2.44. The third-order valence-corrected chi connectivity index (χ3v) is 1.81. The molecule has 3 nitrogen and oxygen atoms in total. The zero-order valence-corrected chi connectivity index (χ0v) is 7.41. The van der Waals surface area contributed by atoms with Gasteiger partial charge >= 0.3 is 0 Å². The first-order valence-electron chi connectivity index (χ1n) is 4.01. The SMILES string of the molecule is Cc1nc(-n2cccn2)c(F)cc1F. The zero-order valence-electron chi connectivity index (χ0n) is 7.41. The van der Waals surface area contributed by atoms with Crippen molar-refractivity contribution in [3.63, 3.8) is 0 Å². The highest BCUT2D eigenvalue weighted by atomic mass is 19.1. The molecular formula is C9H7F2N3. The van der Waals surface area contributed by atoms with Crippen LogP contribution in [0, 0.1) is 18.6 Å². The van der Waals surface area contributed by atoms with E-state index < -0.39 is 11.6 Å². The third kappa shape index (κ3) is 1.37. The van der Waals surface area contributed by atoms with E-state index in [1.165, 1.54) is 17.8 Å². The van der Waals surface area contributed by atoms with Gasteiger partial charge in [0.05, 0.1) is 5.69 Å². The summed E-state index contributed by atoms with van der Waals surface area (Å²) in [5, 5.41) is 3.81. The van der Waals surface area contributed by atoms with E-state index in [-0.39, 0.29) is 11.5 Å². The summed E-state index contributed by atoms with van der Waals surface area (Å²) >= 11 is 0. The van der Waals surface area contributed by atoms with Crippen LogP contribution < -0.4 is 0 Å². The van der Waals surface area contributed by atoms with Crippen molar-refractivity contribution in [3.05, 3.63) is 41.9 Å². The lowest BCUT2D eigenvalue weighted by atomic mass is 10.3. The number of aryl methyl sites for hydroxylation is 1. The minimum atomic E-state index is -0.725. The predicted molar refractivity (Wildman–Crippen MR) is 46.0 cm³/mol. The monoisotopic (exact) mass is 195 g/mol. The molecule has 0 atom stereocenters. The number of pyridine rings is 1. The first-order valence-corrected chi connectivity index (χ1v) is 4.01. The van der Waals surface area contributed by atoms with Gasteiger partial charge in [0.15, 0.2) is 11.6 Å². The Morgan fingerprint density at radius 1 is 1.29 bits per heavy atom. The summed E-state index contributed by atoms with van der Waals surface area (Å²) in [5.41, 5.74) is 0.150. The molecule has 14 heavy (non-hydrogen) atoms. The van der Waals surface area contributed by atoms with Gasteiger partial charge in [-0.1, -0.05) is 0 Å². The molecule has 0 amide bonds. The highest BCUT2D eigenvalue weighted by molar-refractivity contribution is 5.26. The Hall–Kier alpha value is -1.78. The van der Waals surface area contributed by atoms with Crippen molar-refractivity contribution in [2.24, 2.45) is 0 Å². The number of hydrogen-bond donors (Lipinski definition) is 0. The molecule has 0 aliphatic rings. The van der Waals surface area contributed by atoms with Crippen LogP contribution in [0.2, 0.25) is 0 Å². The molecule has 0 saturated heterocycles. The van der Waals surface area contributed by atoms with Crippen molar-refractivity contribution in [1.29, 1.82) is 0 Å². The summed E-state index contributed by atoms with van der Waals surface area (Å²) in [5.74, 6) is -1.37. The van der Waals surface area contributed by atoms with E-state index in [9.17, 15) is 8.78 Å². The van der Waals surface area contributed by atoms with Crippen LogP contribution in [0.5, 0.6) is 0 Å². The summed E-state index contributed by atoms with van der Waals surface area (Å²) in [4.78, 5) is 3.77. The number of rotatable bonds is 1. The van der Waals surface area contributed by atoms with E-state index in [0.29, 0.717) is 0 Å². The standard InChI is InChI=1S/C9H7F2N3/c1-6-7(10)5-8(11)9(13-6)14-4-2-3-12-14/h2-5H,1H3. The number of aromatic nitrogens is 3. The van der Waals surface area contributed by atoms with Crippen LogP contribution in [0.15, 0.2) is 24.5 Å². The molecule has 0 unspecified atom stereocenters. The van der Waals surface area contributed by atoms with Gasteiger partial charge in [-0.15, -0.1) is 0 Å². The lowest BCUT2D eigenvalue weighted by Gasteiger charge is -2.03. The number of hydrogen-bond acceptors (Lipinski definition) is 2. The summed E-state index contributed by atoms with van der Waals surface area (Å²) < 4.78 is 27.4. The smallest absolute Gasteiger partial charge is 0.190 e. The minimum Gasteiger partial charge on any atom is -0.228 e. The molecule has 72 valence electrons. The van der Waals surface area contributed by atoms with E-state index in [1.807, 2.05) is 0 Å². The fraction of sp³-hybridized carbons (Fsp3) is 0.111. The van der Waals surface area contributed by atoms with Gasteiger partial charge in [-0.2, -0.15) is 5.10 Å². The molecule has 0 saturated carbocycles. The van der Waals surface area contributed by atoms with Crippen molar-refractivity contribution in [1.82, 2.24) is 14.8 Å². The molecule has 2 aromatic heterocycles. The van der Waals surface area contributed by atoms with Crippen LogP contribution in [0.1, 0.15) is 5.69 Å². The second-order valence-electron chi connectivity index (χ2n) is 2.81. The maximum atomic E-state index is 13.2. The lowest BCUT2D eigenvalue weighted by Crippen LogP contribution is -2.04. The molecule has 5 heteroatoms. The average Bonchev–Trinajstić information content (AvgIpc) is 2.64. The highest BCUT2D eigenvalue weighted by Gasteiger charge is 2.10. The summed E-state index contributed by atoms with van der Waals surface area (Å²) in [7, 11) is 0. The van der Waals surface area contributed by atoms with Gasteiger partial charge < -0.3 is 0 Å². The molecule has 0 bridgehead atoms. The van der Waals surface area contributed by atoms with Crippen LogP contribution in [-0.4, -0.2) is 14.8 Å². The van der Waals surface area contributed by atoms with Gasteiger partial charge in [-0.05, 0) is 13.0 Å². The first kappa shape index (κ1) is 8.80. The Balaban J connectivity index is 2.60. The van der Waals surface area contributed by atoms with Crippen molar-refractivity contribution in [2.45, 2.75) is 6.92 Å². The van der Waals surface area contributed by atoms with E-state index in [2.05, 4.69) is 10.1 Å². The van der Waals surface area contributed by atoms with E-state index in [4.69, 9.17) is 0 Å². The van der Waals surface area contributed by atoms with Crippen LogP contribution in [0.3, 0.4) is 0 Å². The van der Waals surface area contributed by atoms with Crippen molar-refractivity contribution < 1.29 is 8.78 Å². The topological polar surface area (TPSA) is 30.7 Å². The maximum Gasteiger partial charge on any atom is 0.190 e. The van der Waals surface area contributed by atoms with Crippen LogP contribution >= 0.6 is 0 Å². The molecule has 0 aliphatic carbocycles. The number of nitrogens with zero attached hydrogens (tertiary/aromatic N) is 3. The quantitative estimate of drug-likeness (QED) is 0.695. The number of halogens is 2. The molecule has 2 heterocycles. The summed E-state index contributed by atoms with van der Waals surface area (Å²) in [6.07, 6.45) is 3.04. The first-order chi connectivity index (χ1) is 6.68. The minimum absolute atomic E-state index is 0.00824. The Kier molecular flexibility index (Phi) is 1.99. The second-order valence-corrected chi connectivity index (χ2v) is 2.81. The van der Waals surface area contributed by atoms with Crippen LogP contribution in [0.4, 0.5) is 8.78 Å². The molecule has 2 aromatic rings. The maximum absolute atomic E-state index is 13.2. The Bertz CT molecular complexity index is 451. The third-order valence-electron chi connectivity index (χ3n) is 1.81. The molecular weight excluding hydrogens is 188 g/mol. The Morgan fingerprint density at radius 3 is 2.71 bits per heavy atom. The normalized spacial score (nSPS) is 10.5. The molecule has 2 rings (SSSR count). The predicted octanol–water partition coefficient (Wildman–Crippen LogP) is 1.85. The Labute approximate surface area is 79.0 Å². The molecule has 0 aliphatic heterocycles. The van der Waals surface area contributed by atoms with Crippen molar-refractivity contribution in [2.75, 3.05) is 0 Å². The second kappa shape index (κ2) is 3.17. The largest absolute Gasteiger partial charge is 0.228 e. The van der Waals surface area contributed by atoms with Gasteiger partial charge in [-0.25, -0.2) is 18.4 Å². The van der Waals surface area contributed by atoms with E-state index in [0.717, 1.165) is 6.07 Å². The summed E-state index contributed by atoms with van der Waals surface area (Å²) in [6.45, 7) is 1.47. The van der Waals surface area contributed by atoms with Gasteiger partial charge in [-0.3, -0.25) is 0 Å². The van der Waals surface area contributed by atoms with Crippen molar-refractivity contribution >= 4 is 0 Å². The average molecular weight is 195 g/mol. The van der Waals surface area contributed by atoms with Gasteiger partial charge in [0.1, 0.15) is 5.82 Å². The molecule has 0 aromatic carbocycles. The van der Waals surface area contributed by atoms with Crippen molar-refractivity contribution in [3.8, 4) is 5.82 Å². The highest BCUT2D eigenvalue weighted by Crippen LogP contribution is 2.12. The van der Waals surface area contributed by atoms with E-state index in [1.54, 1.807) is 12.3 Å². The fourth-order valence-electron chi connectivity index (χ4n) is 1.10. The van der Waals surface area contributed by atoms with Crippen LogP contribution in [0.25, 0.3) is 5.82 Å². The zero-order chi connectivity index (χ0) is 10.1. The van der Waals surface area contributed by atoms with Crippen LogP contribution in [-0.2, 0) is 0 Å².